The Labute approximate surface area is 196 Å². The van der Waals surface area contributed by atoms with Crippen molar-refractivity contribution in [3.8, 4) is 0 Å². The Morgan fingerprint density at radius 2 is 2.00 bits per heavy atom. The number of rotatable bonds is 4. The second-order valence-electron chi connectivity index (χ2n) is 9.89. The van der Waals surface area contributed by atoms with Crippen LogP contribution < -0.4 is 5.56 Å². The molecule has 1 atom stereocenters. The largest absolute Gasteiger partial charge is 0.459 e. The highest BCUT2D eigenvalue weighted by Crippen LogP contribution is 2.26. The quantitative estimate of drug-likeness (QED) is 0.499. The molecule has 4 heterocycles. The van der Waals surface area contributed by atoms with Crippen LogP contribution in [0, 0.1) is 0 Å². The highest BCUT2D eigenvalue weighted by atomic mass is 16.3. The molecule has 0 aliphatic carbocycles. The van der Waals surface area contributed by atoms with E-state index in [2.05, 4.69) is 60.3 Å². The van der Waals surface area contributed by atoms with E-state index in [1.165, 1.54) is 11.8 Å². The van der Waals surface area contributed by atoms with E-state index in [1.807, 2.05) is 0 Å². The smallest absolute Gasteiger partial charge is 0.289 e. The zero-order valence-corrected chi connectivity index (χ0v) is 19.6. The van der Waals surface area contributed by atoms with Crippen molar-refractivity contribution in [3.63, 3.8) is 0 Å². The van der Waals surface area contributed by atoms with Gasteiger partial charge in [-0.05, 0) is 41.5 Å². The van der Waals surface area contributed by atoms with Gasteiger partial charge in [0.05, 0.1) is 12.8 Å². The standard InChI is InChI=1S/C25H28N6O3/c1-25(2,3)18-10-8-16(9-11-18)14-31-22-20(28-29-31)23(32)27-21(26-22)17-6-4-12-30(15-17)24(33)19-7-5-13-34-19/h5,7-11,13,17H,4,6,12,14-15H2,1-3H3,(H,26,27,32). The summed E-state index contributed by atoms with van der Waals surface area (Å²) in [4.78, 5) is 34.9. The van der Waals surface area contributed by atoms with E-state index < -0.39 is 0 Å². The van der Waals surface area contributed by atoms with E-state index in [-0.39, 0.29) is 28.3 Å². The fraction of sp³-hybridized carbons (Fsp3) is 0.400. The number of carbonyl (C=O) groups is 1. The van der Waals surface area contributed by atoms with Crippen LogP contribution in [0.4, 0.5) is 0 Å². The van der Waals surface area contributed by atoms with Crippen LogP contribution in [-0.4, -0.2) is 48.9 Å². The van der Waals surface area contributed by atoms with E-state index in [1.54, 1.807) is 21.7 Å². The number of nitrogens with one attached hydrogen (secondary N) is 1. The van der Waals surface area contributed by atoms with Gasteiger partial charge in [-0.3, -0.25) is 9.59 Å². The van der Waals surface area contributed by atoms with E-state index in [0.717, 1.165) is 18.4 Å². The predicted molar refractivity (Wildman–Crippen MR) is 127 cm³/mol. The summed E-state index contributed by atoms with van der Waals surface area (Å²) in [6, 6.07) is 11.7. The number of aromatic amines is 1. The Kier molecular flexibility index (Phi) is 5.55. The molecule has 1 saturated heterocycles. The van der Waals surface area contributed by atoms with Gasteiger partial charge in [0.2, 0.25) is 0 Å². The number of hydrogen-bond donors (Lipinski definition) is 1. The van der Waals surface area contributed by atoms with Crippen LogP contribution in [0.15, 0.2) is 51.9 Å². The maximum Gasteiger partial charge on any atom is 0.289 e. The van der Waals surface area contributed by atoms with E-state index in [9.17, 15) is 9.59 Å². The zero-order chi connectivity index (χ0) is 23.9. The molecule has 0 saturated carbocycles. The van der Waals surface area contributed by atoms with Gasteiger partial charge in [0.1, 0.15) is 5.82 Å². The van der Waals surface area contributed by atoms with E-state index in [0.29, 0.717) is 36.9 Å². The Bertz CT molecular complexity index is 1360. The molecular formula is C25H28N6O3. The van der Waals surface area contributed by atoms with Gasteiger partial charge >= 0.3 is 0 Å². The monoisotopic (exact) mass is 460 g/mol. The molecule has 9 nitrogen and oxygen atoms in total. The van der Waals surface area contributed by atoms with Crippen LogP contribution >= 0.6 is 0 Å². The maximum atomic E-state index is 12.8. The van der Waals surface area contributed by atoms with Crippen molar-refractivity contribution in [1.82, 2.24) is 29.9 Å². The molecule has 1 aliphatic heterocycles. The Balaban J connectivity index is 1.41. The lowest BCUT2D eigenvalue weighted by molar-refractivity contribution is 0.0672. The van der Waals surface area contributed by atoms with Gasteiger partial charge in [0.25, 0.3) is 11.5 Å². The maximum absolute atomic E-state index is 12.8. The number of furan rings is 1. The van der Waals surface area contributed by atoms with Crippen molar-refractivity contribution in [3.05, 3.63) is 75.7 Å². The van der Waals surface area contributed by atoms with Gasteiger partial charge in [-0.15, -0.1) is 5.10 Å². The van der Waals surface area contributed by atoms with Gasteiger partial charge in [-0.2, -0.15) is 0 Å². The number of piperidine rings is 1. The Morgan fingerprint density at radius 3 is 2.71 bits per heavy atom. The summed E-state index contributed by atoms with van der Waals surface area (Å²) in [5.41, 5.74) is 2.74. The van der Waals surface area contributed by atoms with Crippen molar-refractivity contribution >= 4 is 17.1 Å². The average Bonchev–Trinajstić information content (AvgIpc) is 3.49. The Morgan fingerprint density at radius 1 is 1.21 bits per heavy atom. The first kappa shape index (κ1) is 22.1. The molecule has 0 bridgehead atoms. The fourth-order valence-corrected chi connectivity index (χ4v) is 4.41. The first-order valence-electron chi connectivity index (χ1n) is 11.6. The summed E-state index contributed by atoms with van der Waals surface area (Å²) in [6.07, 6.45) is 3.13. The molecule has 1 N–H and O–H groups in total. The third-order valence-corrected chi connectivity index (χ3v) is 6.37. The topological polar surface area (TPSA) is 110 Å². The third kappa shape index (κ3) is 4.25. The SMILES string of the molecule is CC(C)(C)c1ccc(Cn2nnc3c(=O)[nH]c(C4CCCN(C(=O)c5ccco5)C4)nc32)cc1. The summed E-state index contributed by atoms with van der Waals surface area (Å²) >= 11 is 0. The molecule has 5 rings (SSSR count). The molecule has 1 aromatic carbocycles. The molecule has 0 radical (unpaired) electrons. The predicted octanol–water partition coefficient (Wildman–Crippen LogP) is 3.47. The van der Waals surface area contributed by atoms with Crippen LogP contribution in [0.25, 0.3) is 11.2 Å². The number of carbonyl (C=O) groups excluding carboxylic acids is 1. The number of amides is 1. The van der Waals surface area contributed by atoms with Gasteiger partial charge in [-0.1, -0.05) is 50.3 Å². The number of aromatic nitrogens is 5. The normalized spacial score (nSPS) is 16.8. The summed E-state index contributed by atoms with van der Waals surface area (Å²) in [6.45, 7) is 8.11. The van der Waals surface area contributed by atoms with Crippen molar-refractivity contribution in [2.45, 2.75) is 51.5 Å². The van der Waals surface area contributed by atoms with E-state index >= 15 is 0 Å². The first-order valence-corrected chi connectivity index (χ1v) is 11.6. The molecule has 176 valence electrons. The molecule has 9 heteroatoms. The van der Waals surface area contributed by atoms with Crippen molar-refractivity contribution in [2.75, 3.05) is 13.1 Å². The lowest BCUT2D eigenvalue weighted by Crippen LogP contribution is -2.39. The molecule has 1 aliphatic rings. The molecule has 3 aromatic heterocycles. The summed E-state index contributed by atoms with van der Waals surface area (Å²) in [7, 11) is 0. The van der Waals surface area contributed by atoms with E-state index in [4.69, 9.17) is 9.40 Å². The van der Waals surface area contributed by atoms with Crippen LogP contribution in [0.3, 0.4) is 0 Å². The lowest BCUT2D eigenvalue weighted by atomic mass is 9.87. The molecule has 1 unspecified atom stereocenters. The highest BCUT2D eigenvalue weighted by Gasteiger charge is 2.29. The second kappa shape index (κ2) is 8.55. The molecule has 34 heavy (non-hydrogen) atoms. The van der Waals surface area contributed by atoms with Gasteiger partial charge in [0.15, 0.2) is 16.9 Å². The minimum Gasteiger partial charge on any atom is -0.459 e. The lowest BCUT2D eigenvalue weighted by Gasteiger charge is -2.31. The third-order valence-electron chi connectivity index (χ3n) is 6.37. The second-order valence-corrected chi connectivity index (χ2v) is 9.89. The minimum atomic E-state index is -0.316. The zero-order valence-electron chi connectivity index (χ0n) is 19.6. The number of H-pyrrole nitrogens is 1. The van der Waals surface area contributed by atoms with Crippen LogP contribution in [-0.2, 0) is 12.0 Å². The molecule has 4 aromatic rings. The highest BCUT2D eigenvalue weighted by molar-refractivity contribution is 5.91. The fourth-order valence-electron chi connectivity index (χ4n) is 4.41. The molecule has 1 amide bonds. The van der Waals surface area contributed by atoms with Gasteiger partial charge in [-0.25, -0.2) is 9.67 Å². The number of likely N-dealkylation sites (tertiary alicyclic amines) is 1. The minimum absolute atomic E-state index is 0.0778. The van der Waals surface area contributed by atoms with Crippen molar-refractivity contribution in [2.24, 2.45) is 0 Å². The Hall–Kier alpha value is -3.75. The summed E-state index contributed by atoms with van der Waals surface area (Å²) < 4.78 is 6.93. The summed E-state index contributed by atoms with van der Waals surface area (Å²) in [5.74, 6) is 0.640. The number of hydrogen-bond acceptors (Lipinski definition) is 6. The average molecular weight is 461 g/mol. The molecule has 1 fully saturated rings. The van der Waals surface area contributed by atoms with Gasteiger partial charge in [0, 0.05) is 19.0 Å². The number of benzene rings is 1. The first-order chi connectivity index (χ1) is 16.3. The number of nitrogens with zero attached hydrogens (tertiary/aromatic N) is 5. The van der Waals surface area contributed by atoms with Crippen LogP contribution in [0.5, 0.6) is 0 Å². The van der Waals surface area contributed by atoms with Crippen LogP contribution in [0.2, 0.25) is 0 Å². The van der Waals surface area contributed by atoms with Crippen molar-refractivity contribution in [1.29, 1.82) is 0 Å². The summed E-state index contributed by atoms with van der Waals surface area (Å²) in [5, 5.41) is 8.26. The number of fused-ring (bicyclic) bond motifs is 1. The molecular weight excluding hydrogens is 432 g/mol. The van der Waals surface area contributed by atoms with Crippen LogP contribution in [0.1, 0.15) is 67.0 Å². The van der Waals surface area contributed by atoms with Crippen molar-refractivity contribution < 1.29 is 9.21 Å². The molecule has 0 spiro atoms. The van der Waals surface area contributed by atoms with Gasteiger partial charge < -0.3 is 14.3 Å².